The van der Waals surface area contributed by atoms with Crippen molar-refractivity contribution in [3.05, 3.63) is 59.0 Å². The van der Waals surface area contributed by atoms with Crippen LogP contribution >= 0.6 is 0 Å². The molecule has 0 saturated heterocycles. The topological polar surface area (TPSA) is 81.7 Å². The molecule has 1 aliphatic rings. The van der Waals surface area contributed by atoms with Crippen molar-refractivity contribution in [1.82, 2.24) is 0 Å². The van der Waals surface area contributed by atoms with Crippen LogP contribution in [0.1, 0.15) is 5.56 Å². The summed E-state index contributed by atoms with van der Waals surface area (Å²) in [5, 5.41) is 2.53. The van der Waals surface area contributed by atoms with E-state index in [0.29, 0.717) is 17.0 Å². The average molecular weight is 345 g/mol. The summed E-state index contributed by atoms with van der Waals surface area (Å²) in [7, 11) is -2.04. The number of ether oxygens (including phenoxy) is 2. The van der Waals surface area contributed by atoms with E-state index in [2.05, 4.69) is 5.32 Å². The van der Waals surface area contributed by atoms with E-state index in [1.807, 2.05) is 0 Å². The number of hydrogen-bond acceptors (Lipinski definition) is 5. The molecule has 1 aliphatic heterocycles. The van der Waals surface area contributed by atoms with Gasteiger partial charge in [0.05, 0.1) is 16.9 Å². The molecule has 1 N–H and O–H groups in total. The minimum atomic E-state index is -3.58. The van der Waals surface area contributed by atoms with Crippen LogP contribution in [0.25, 0.3) is 6.08 Å². The lowest BCUT2D eigenvalue weighted by Crippen LogP contribution is -2.17. The van der Waals surface area contributed by atoms with Crippen LogP contribution in [0.4, 0.5) is 10.5 Å². The minimum Gasteiger partial charge on any atom is -0.497 e. The number of sulfone groups is 1. The van der Waals surface area contributed by atoms with Crippen molar-refractivity contribution >= 4 is 27.7 Å². The van der Waals surface area contributed by atoms with Crippen molar-refractivity contribution in [3.63, 3.8) is 0 Å². The maximum absolute atomic E-state index is 12.3. The molecule has 7 heteroatoms. The predicted molar refractivity (Wildman–Crippen MR) is 89.6 cm³/mol. The van der Waals surface area contributed by atoms with E-state index in [0.717, 1.165) is 0 Å². The number of carbonyl (C=O) groups excluding carboxylic acids is 1. The van der Waals surface area contributed by atoms with Crippen LogP contribution in [0.3, 0.4) is 0 Å². The molecular weight excluding hydrogens is 330 g/mol. The summed E-state index contributed by atoms with van der Waals surface area (Å²) in [6.07, 6.45) is 0.790. The molecule has 0 unspecified atom stereocenters. The van der Waals surface area contributed by atoms with Crippen LogP contribution in [-0.2, 0) is 14.6 Å². The third kappa shape index (κ3) is 3.11. The molecule has 1 amide bonds. The van der Waals surface area contributed by atoms with Crippen LogP contribution in [0.2, 0.25) is 0 Å². The number of nitrogens with one attached hydrogen (secondary N) is 1. The maximum Gasteiger partial charge on any atom is 0.411 e. The quantitative estimate of drug-likeness (QED) is 0.921. The average Bonchev–Trinajstić information content (AvgIpc) is 2.84. The molecule has 0 atom stereocenters. The lowest BCUT2D eigenvalue weighted by molar-refractivity contribution is 0.173. The van der Waals surface area contributed by atoms with E-state index in [-0.39, 0.29) is 16.4 Å². The third-order valence-corrected chi connectivity index (χ3v) is 5.43. The van der Waals surface area contributed by atoms with Gasteiger partial charge in [-0.3, -0.25) is 5.32 Å². The number of hydrogen-bond donors (Lipinski definition) is 1. The fourth-order valence-electron chi connectivity index (χ4n) is 2.32. The molecule has 2 aromatic rings. The predicted octanol–water partition coefficient (Wildman–Crippen LogP) is 3.07. The van der Waals surface area contributed by atoms with Crippen molar-refractivity contribution in [2.75, 3.05) is 19.0 Å². The van der Waals surface area contributed by atoms with Crippen molar-refractivity contribution in [2.24, 2.45) is 0 Å². The van der Waals surface area contributed by atoms with Crippen LogP contribution in [-0.4, -0.2) is 28.2 Å². The Morgan fingerprint density at radius 3 is 2.46 bits per heavy atom. The Labute approximate surface area is 139 Å². The first kappa shape index (κ1) is 16.1. The number of carbonyl (C=O) groups is 1. The van der Waals surface area contributed by atoms with E-state index in [4.69, 9.17) is 9.47 Å². The summed E-state index contributed by atoms with van der Waals surface area (Å²) in [5.74, 6) is 0.661. The highest BCUT2D eigenvalue weighted by Gasteiger charge is 2.29. The largest absolute Gasteiger partial charge is 0.497 e. The van der Waals surface area contributed by atoms with Gasteiger partial charge in [-0.2, -0.15) is 0 Å². The maximum atomic E-state index is 12.3. The molecule has 0 saturated carbocycles. The first-order valence-corrected chi connectivity index (χ1v) is 8.61. The SMILES string of the molecule is COc1ccc(NC(=O)OCC2=Cc3ccccc3S2(=O)=O)cc1. The highest BCUT2D eigenvalue weighted by atomic mass is 32.2. The van der Waals surface area contributed by atoms with Gasteiger partial charge in [0.2, 0.25) is 9.84 Å². The molecule has 0 fully saturated rings. The second kappa shape index (κ2) is 6.37. The molecule has 3 rings (SSSR count). The second-order valence-corrected chi connectivity index (χ2v) is 7.05. The van der Waals surface area contributed by atoms with Crippen molar-refractivity contribution in [3.8, 4) is 5.75 Å². The highest BCUT2D eigenvalue weighted by Crippen LogP contribution is 2.32. The van der Waals surface area contributed by atoms with Gasteiger partial charge in [-0.25, -0.2) is 13.2 Å². The van der Waals surface area contributed by atoms with Gasteiger partial charge in [-0.15, -0.1) is 0 Å². The number of rotatable bonds is 4. The smallest absolute Gasteiger partial charge is 0.411 e. The summed E-state index contributed by atoms with van der Waals surface area (Å²) in [6, 6.07) is 13.3. The molecule has 0 aromatic heterocycles. The lowest BCUT2D eigenvalue weighted by atomic mass is 10.2. The standard InChI is InChI=1S/C17H15NO5S/c1-22-14-8-6-13(7-9-14)18-17(19)23-11-15-10-12-4-2-3-5-16(12)24(15,20)21/h2-10H,11H2,1H3,(H,18,19). The second-order valence-electron chi connectivity index (χ2n) is 5.08. The van der Waals surface area contributed by atoms with Crippen LogP contribution < -0.4 is 10.1 Å². The number of fused-ring (bicyclic) bond motifs is 1. The van der Waals surface area contributed by atoms with Gasteiger partial charge in [0, 0.05) is 5.69 Å². The zero-order chi connectivity index (χ0) is 17.2. The Bertz CT molecular complexity index is 901. The van der Waals surface area contributed by atoms with Crippen molar-refractivity contribution < 1.29 is 22.7 Å². The highest BCUT2D eigenvalue weighted by molar-refractivity contribution is 7.95. The van der Waals surface area contributed by atoms with E-state index in [1.54, 1.807) is 49.6 Å². The summed E-state index contributed by atoms with van der Waals surface area (Å²) < 4.78 is 34.7. The molecule has 124 valence electrons. The molecule has 0 spiro atoms. The Morgan fingerprint density at radius 2 is 1.79 bits per heavy atom. The molecule has 0 radical (unpaired) electrons. The Hall–Kier alpha value is -2.80. The van der Waals surface area contributed by atoms with Gasteiger partial charge in [-0.1, -0.05) is 18.2 Å². The normalized spacial score (nSPS) is 14.5. The Kier molecular flexibility index (Phi) is 4.26. The Morgan fingerprint density at radius 1 is 1.08 bits per heavy atom. The Balaban J connectivity index is 1.63. The third-order valence-electron chi connectivity index (χ3n) is 3.55. The van der Waals surface area contributed by atoms with Gasteiger partial charge in [0.15, 0.2) is 0 Å². The zero-order valence-electron chi connectivity index (χ0n) is 12.9. The van der Waals surface area contributed by atoms with Crippen LogP contribution in [0.15, 0.2) is 58.3 Å². The molecule has 0 bridgehead atoms. The van der Waals surface area contributed by atoms with Gasteiger partial charge < -0.3 is 9.47 Å². The van der Waals surface area contributed by atoms with E-state index < -0.39 is 15.9 Å². The van der Waals surface area contributed by atoms with Gasteiger partial charge in [0.25, 0.3) is 0 Å². The first-order valence-electron chi connectivity index (χ1n) is 7.13. The number of anilines is 1. The first-order chi connectivity index (χ1) is 11.5. The fraction of sp³-hybridized carbons (Fsp3) is 0.118. The monoisotopic (exact) mass is 345 g/mol. The molecule has 6 nitrogen and oxygen atoms in total. The number of benzene rings is 2. The molecule has 2 aromatic carbocycles. The summed E-state index contributed by atoms with van der Waals surface area (Å²) in [5.41, 5.74) is 1.12. The number of amides is 1. The van der Waals surface area contributed by atoms with Gasteiger partial charge in [-0.05, 0) is 42.0 Å². The lowest BCUT2D eigenvalue weighted by Gasteiger charge is -2.08. The number of methoxy groups -OCH3 is 1. The summed E-state index contributed by atoms with van der Waals surface area (Å²) in [4.78, 5) is 12.1. The molecule has 24 heavy (non-hydrogen) atoms. The van der Waals surface area contributed by atoms with Gasteiger partial charge in [0.1, 0.15) is 12.4 Å². The molecular formula is C17H15NO5S. The van der Waals surface area contributed by atoms with E-state index in [1.165, 1.54) is 12.1 Å². The van der Waals surface area contributed by atoms with Crippen molar-refractivity contribution in [1.29, 1.82) is 0 Å². The zero-order valence-corrected chi connectivity index (χ0v) is 13.7. The van der Waals surface area contributed by atoms with Crippen molar-refractivity contribution in [2.45, 2.75) is 4.90 Å². The fourth-order valence-corrected chi connectivity index (χ4v) is 3.79. The summed E-state index contributed by atoms with van der Waals surface area (Å²) >= 11 is 0. The molecule has 0 aliphatic carbocycles. The van der Waals surface area contributed by atoms with E-state index >= 15 is 0 Å². The summed E-state index contributed by atoms with van der Waals surface area (Å²) in [6.45, 7) is -0.320. The molecule has 1 heterocycles. The minimum absolute atomic E-state index is 0.0635. The van der Waals surface area contributed by atoms with Gasteiger partial charge >= 0.3 is 6.09 Å². The van der Waals surface area contributed by atoms with Crippen LogP contribution in [0.5, 0.6) is 5.75 Å². The van der Waals surface area contributed by atoms with E-state index in [9.17, 15) is 13.2 Å². The van der Waals surface area contributed by atoms with Crippen LogP contribution in [0, 0.1) is 0 Å².